The summed E-state index contributed by atoms with van der Waals surface area (Å²) >= 11 is 0. The fraction of sp³-hybridized carbons (Fsp3) is 0.735. The minimum absolute atomic E-state index is 0.00247. The lowest BCUT2D eigenvalue weighted by molar-refractivity contribution is -0.525. The third-order valence-electron chi connectivity index (χ3n) is 10.6. The molecule has 0 aromatic heterocycles. The van der Waals surface area contributed by atoms with Crippen LogP contribution >= 0.6 is 0 Å². The number of Topliss-reactive ketones (excluding diaryl/α,β-unsaturated/α-hetero) is 1. The van der Waals surface area contributed by atoms with E-state index in [9.17, 15) is 19.7 Å². The normalized spacial score (nSPS) is 26.2. The van der Waals surface area contributed by atoms with Gasteiger partial charge in [-0.3, -0.25) is 9.59 Å². The number of nitrogens with two attached hydrogens (primary N) is 1. The zero-order valence-electron chi connectivity index (χ0n) is 28.6. The van der Waals surface area contributed by atoms with E-state index in [1.54, 1.807) is 0 Å². The molecule has 46 heavy (non-hydrogen) atoms. The highest BCUT2D eigenvalue weighted by atomic mass is 16.7. The van der Waals surface area contributed by atoms with Crippen LogP contribution in [-0.4, -0.2) is 54.0 Å². The largest absolute Gasteiger partial charge is 0.481 e. The molecule has 3 saturated carbocycles. The average molecular weight is 640 g/mol. The van der Waals surface area contributed by atoms with Crippen LogP contribution in [0.15, 0.2) is 29.3 Å². The van der Waals surface area contributed by atoms with Gasteiger partial charge in [0, 0.05) is 25.3 Å². The molecule has 5 rings (SSSR count). The van der Waals surface area contributed by atoms with Crippen molar-refractivity contribution in [2.75, 3.05) is 6.54 Å². The lowest BCUT2D eigenvalue weighted by Crippen LogP contribution is -2.65. The molecule has 2 bridgehead atoms. The Kier molecular flexibility index (Phi) is 11.9. The molecule has 1 aromatic carbocycles. The molecule has 1 aromatic rings. The Hall–Kier alpha value is -2.99. The molecule has 1 heterocycles. The molecule has 1 saturated heterocycles. The highest BCUT2D eigenvalue weighted by Gasteiger charge is 2.68. The van der Waals surface area contributed by atoms with Gasteiger partial charge in [-0.1, -0.05) is 70.7 Å². The molecule has 1 amide bonds. The Morgan fingerprint density at radius 3 is 2.48 bits per heavy atom. The van der Waals surface area contributed by atoms with E-state index in [4.69, 9.17) is 15.0 Å². The molecule has 6 atom stereocenters. The van der Waals surface area contributed by atoms with E-state index in [2.05, 4.69) is 64.0 Å². The van der Waals surface area contributed by atoms with Gasteiger partial charge in [0.15, 0.2) is 5.03 Å². The number of carbonyl (C=O) groups excluding carboxylic acids is 2. The number of amides is 1. The molecule has 11 nitrogen and oxygen atoms in total. The standard InChI is InChI=1S/C34H54BN5O6/c1-7-8-10-23-12-14-24(15-13-23)18-27(41)19-25(11-9-16-37-32(36)39-40(43)44)31(42)38-30(17-22(2)3)35-45-29-21-26-20-28(33(26,4)5)34(29,6)46-35/h12-15,22,25-26,28-30H,7-11,16-21H2,1-6H3,(H,38,42)(H3,36,37,39)/t25-,26+,28+,29-,30+,34+/m1/s1. The summed E-state index contributed by atoms with van der Waals surface area (Å²) in [6.45, 7) is 13.4. The second kappa shape index (κ2) is 15.3. The number of hydrazine groups is 1. The smallest absolute Gasteiger partial charge is 0.404 e. The van der Waals surface area contributed by atoms with Crippen molar-refractivity contribution in [3.63, 3.8) is 0 Å². The minimum Gasteiger partial charge on any atom is -0.404 e. The lowest BCUT2D eigenvalue weighted by atomic mass is 9.43. The quantitative estimate of drug-likeness (QED) is 0.0547. The van der Waals surface area contributed by atoms with Crippen molar-refractivity contribution in [1.29, 1.82) is 0 Å². The first-order valence-electron chi connectivity index (χ1n) is 17.2. The van der Waals surface area contributed by atoms with Crippen molar-refractivity contribution in [1.82, 2.24) is 10.7 Å². The fourth-order valence-electron chi connectivity index (χ4n) is 7.89. The number of nitrogens with zero attached hydrogens (tertiary/aromatic N) is 2. The predicted molar refractivity (Wildman–Crippen MR) is 179 cm³/mol. The molecule has 1 aliphatic heterocycles. The summed E-state index contributed by atoms with van der Waals surface area (Å²) in [6, 6.07) is 8.14. The number of rotatable bonds is 17. The summed E-state index contributed by atoms with van der Waals surface area (Å²) in [5, 5.41) is 13.1. The van der Waals surface area contributed by atoms with Crippen LogP contribution in [0.4, 0.5) is 0 Å². The molecule has 0 radical (unpaired) electrons. The van der Waals surface area contributed by atoms with Gasteiger partial charge in [0.1, 0.15) is 5.78 Å². The van der Waals surface area contributed by atoms with E-state index in [1.807, 2.05) is 17.6 Å². The number of nitrogens with one attached hydrogen (secondary N) is 2. The van der Waals surface area contributed by atoms with Gasteiger partial charge in [-0.25, -0.2) is 15.1 Å². The fourth-order valence-corrected chi connectivity index (χ4v) is 7.89. The van der Waals surface area contributed by atoms with Gasteiger partial charge in [0.25, 0.3) is 5.96 Å². The number of aryl methyl sites for hydroxylation is 1. The first-order valence-corrected chi connectivity index (χ1v) is 17.2. The second-order valence-electron chi connectivity index (χ2n) is 14.9. The maximum Gasteiger partial charge on any atom is 0.481 e. The van der Waals surface area contributed by atoms with Crippen LogP contribution in [0.5, 0.6) is 0 Å². The number of nitro groups is 1. The van der Waals surface area contributed by atoms with Gasteiger partial charge in [-0.15, -0.1) is 0 Å². The summed E-state index contributed by atoms with van der Waals surface area (Å²) in [7, 11) is -0.559. The Bertz CT molecular complexity index is 1260. The zero-order valence-corrected chi connectivity index (χ0v) is 28.6. The van der Waals surface area contributed by atoms with Crippen LogP contribution < -0.4 is 16.5 Å². The van der Waals surface area contributed by atoms with Crippen molar-refractivity contribution in [2.45, 2.75) is 123 Å². The van der Waals surface area contributed by atoms with Crippen LogP contribution in [0.25, 0.3) is 0 Å². The van der Waals surface area contributed by atoms with Crippen LogP contribution in [-0.2, 0) is 31.7 Å². The summed E-state index contributed by atoms with van der Waals surface area (Å²) in [5.41, 5.74) is 9.39. The Morgan fingerprint density at radius 1 is 1.15 bits per heavy atom. The number of guanidine groups is 1. The van der Waals surface area contributed by atoms with Gasteiger partial charge >= 0.3 is 7.12 Å². The average Bonchev–Trinajstić information content (AvgIpc) is 3.34. The van der Waals surface area contributed by atoms with Crippen molar-refractivity contribution in [2.24, 2.45) is 39.8 Å². The molecule has 4 fully saturated rings. The van der Waals surface area contributed by atoms with E-state index in [0.717, 1.165) is 37.7 Å². The molecule has 3 aliphatic carbocycles. The van der Waals surface area contributed by atoms with E-state index >= 15 is 0 Å². The summed E-state index contributed by atoms with van der Waals surface area (Å²) in [4.78, 5) is 41.9. The third-order valence-corrected chi connectivity index (χ3v) is 10.6. The van der Waals surface area contributed by atoms with E-state index in [-0.39, 0.29) is 66.0 Å². The monoisotopic (exact) mass is 639 g/mol. The molecule has 12 heteroatoms. The van der Waals surface area contributed by atoms with Crippen LogP contribution in [0.3, 0.4) is 0 Å². The molecule has 0 unspecified atom stereocenters. The topological polar surface area (TPSA) is 158 Å². The number of aliphatic imine (C=N–C) groups is 1. The van der Waals surface area contributed by atoms with Crippen molar-refractivity contribution in [3.05, 3.63) is 45.5 Å². The Labute approximate surface area is 274 Å². The maximum absolute atomic E-state index is 13.9. The number of carbonyl (C=O) groups is 2. The van der Waals surface area contributed by atoms with Crippen molar-refractivity contribution >= 4 is 24.8 Å². The van der Waals surface area contributed by atoms with Crippen LogP contribution in [0.2, 0.25) is 0 Å². The highest BCUT2D eigenvalue weighted by molar-refractivity contribution is 6.47. The van der Waals surface area contributed by atoms with E-state index in [0.29, 0.717) is 31.1 Å². The molecule has 254 valence electrons. The third kappa shape index (κ3) is 8.67. The van der Waals surface area contributed by atoms with Crippen LogP contribution in [0.1, 0.15) is 104 Å². The van der Waals surface area contributed by atoms with E-state index < -0.39 is 18.1 Å². The summed E-state index contributed by atoms with van der Waals surface area (Å²) in [6.07, 6.45) is 7.19. The molecule has 4 aliphatic rings. The predicted octanol–water partition coefficient (Wildman–Crippen LogP) is 4.82. The van der Waals surface area contributed by atoms with Crippen molar-refractivity contribution in [3.8, 4) is 0 Å². The Balaban J connectivity index is 1.44. The summed E-state index contributed by atoms with van der Waals surface area (Å²) in [5.74, 6) is -0.180. The highest BCUT2D eigenvalue weighted by Crippen LogP contribution is 2.65. The number of benzene rings is 1. The summed E-state index contributed by atoms with van der Waals surface area (Å²) < 4.78 is 13.3. The number of unbranched alkanes of at least 4 members (excludes halogenated alkanes) is 1. The van der Waals surface area contributed by atoms with Gasteiger partial charge in [0.2, 0.25) is 5.91 Å². The zero-order chi connectivity index (χ0) is 33.6. The van der Waals surface area contributed by atoms with Gasteiger partial charge in [-0.2, -0.15) is 0 Å². The second-order valence-corrected chi connectivity index (χ2v) is 14.9. The van der Waals surface area contributed by atoms with Gasteiger partial charge in [0.05, 0.1) is 17.6 Å². The number of hydrogen-bond donors (Lipinski definition) is 3. The minimum atomic E-state index is -0.771. The molecular formula is C34H54BN5O6. The number of hydrogen-bond acceptors (Lipinski definition) is 7. The number of ketones is 1. The van der Waals surface area contributed by atoms with Crippen LogP contribution in [0, 0.1) is 39.2 Å². The Morgan fingerprint density at radius 2 is 1.85 bits per heavy atom. The van der Waals surface area contributed by atoms with Gasteiger partial charge < -0.3 is 20.4 Å². The molecular weight excluding hydrogens is 585 g/mol. The van der Waals surface area contributed by atoms with E-state index in [1.165, 1.54) is 5.56 Å². The first-order chi connectivity index (χ1) is 21.7. The SMILES string of the molecule is CCCCc1ccc(CC(=O)C[C@@H](CCCN=C(N)N[N+](=O)[O-])C(=O)N[C@@H](CC(C)C)B2O[C@@H]3C[C@@H]4C[C@@H](C4(C)C)[C@]3(C)O2)cc1. The van der Waals surface area contributed by atoms with Crippen molar-refractivity contribution < 1.29 is 23.9 Å². The molecule has 0 spiro atoms. The lowest BCUT2D eigenvalue weighted by Gasteiger charge is -2.64. The first kappa shape index (κ1) is 35.9. The maximum atomic E-state index is 13.9. The van der Waals surface area contributed by atoms with Gasteiger partial charge in [-0.05, 0) is 86.2 Å². The molecule has 4 N–H and O–H groups in total.